The van der Waals surface area contributed by atoms with Crippen molar-refractivity contribution in [2.75, 3.05) is 27.3 Å². The number of nitrogens with zero attached hydrogens (tertiary/aromatic N) is 2. The Bertz CT molecular complexity index is 793. The molecule has 0 aliphatic heterocycles. The van der Waals surface area contributed by atoms with E-state index in [2.05, 4.69) is 20.6 Å². The Morgan fingerprint density at radius 2 is 2.00 bits per heavy atom. The molecule has 1 aromatic heterocycles. The summed E-state index contributed by atoms with van der Waals surface area (Å²) in [6, 6.07) is 5.57. The first-order valence-corrected chi connectivity index (χ1v) is 9.50. The zero-order valence-corrected chi connectivity index (χ0v) is 16.7. The van der Waals surface area contributed by atoms with E-state index in [1.165, 1.54) is 0 Å². The van der Waals surface area contributed by atoms with Crippen LogP contribution in [-0.2, 0) is 19.1 Å². The number of ether oxygens (including phenoxy) is 2. The van der Waals surface area contributed by atoms with Gasteiger partial charge in [-0.05, 0) is 37.1 Å². The third-order valence-corrected chi connectivity index (χ3v) is 4.57. The van der Waals surface area contributed by atoms with Crippen LogP contribution >= 0.6 is 11.3 Å². The van der Waals surface area contributed by atoms with Crippen molar-refractivity contribution in [3.8, 4) is 11.5 Å². The average Bonchev–Trinajstić information content (AvgIpc) is 3.15. The normalized spacial score (nSPS) is 12.0. The summed E-state index contributed by atoms with van der Waals surface area (Å²) in [7, 11) is 3.20. The Kier molecular flexibility index (Phi) is 7.91. The number of thiazole rings is 1. The number of hydrogen-bond acceptors (Lipinski definition) is 5. The van der Waals surface area contributed by atoms with Crippen molar-refractivity contribution in [1.29, 1.82) is 0 Å². The van der Waals surface area contributed by atoms with Crippen LogP contribution in [0.4, 0.5) is 13.2 Å². The summed E-state index contributed by atoms with van der Waals surface area (Å²) in [6.07, 6.45) is -3.78. The molecule has 0 aliphatic rings. The molecule has 28 heavy (non-hydrogen) atoms. The van der Waals surface area contributed by atoms with Crippen LogP contribution in [0.3, 0.4) is 0 Å². The highest BCUT2D eigenvalue weighted by molar-refractivity contribution is 7.09. The smallest absolute Gasteiger partial charge is 0.434 e. The van der Waals surface area contributed by atoms with Crippen LogP contribution in [0.25, 0.3) is 0 Å². The molecular formula is C18H23F3N4O2S. The van der Waals surface area contributed by atoms with E-state index in [0.29, 0.717) is 30.5 Å². The zero-order chi connectivity index (χ0) is 20.6. The second-order valence-electron chi connectivity index (χ2n) is 5.67. The summed E-state index contributed by atoms with van der Waals surface area (Å²) < 4.78 is 48.5. The molecular weight excluding hydrogens is 393 g/mol. The van der Waals surface area contributed by atoms with Crippen LogP contribution in [0.15, 0.2) is 28.6 Å². The summed E-state index contributed by atoms with van der Waals surface area (Å²) >= 11 is 0.942. The number of alkyl halides is 3. The Balaban J connectivity index is 1.97. The number of rotatable bonds is 8. The van der Waals surface area contributed by atoms with Gasteiger partial charge in [-0.1, -0.05) is 0 Å². The van der Waals surface area contributed by atoms with Gasteiger partial charge in [-0.25, -0.2) is 9.98 Å². The molecule has 0 aliphatic carbocycles. The van der Waals surface area contributed by atoms with Crippen molar-refractivity contribution < 1.29 is 22.6 Å². The van der Waals surface area contributed by atoms with Crippen LogP contribution in [0.1, 0.15) is 23.2 Å². The molecule has 1 aromatic carbocycles. The molecule has 6 nitrogen and oxygen atoms in total. The summed E-state index contributed by atoms with van der Waals surface area (Å²) in [4.78, 5) is 7.89. The predicted molar refractivity (Wildman–Crippen MR) is 103 cm³/mol. The van der Waals surface area contributed by atoms with Crippen molar-refractivity contribution in [1.82, 2.24) is 15.6 Å². The first-order chi connectivity index (χ1) is 13.4. The van der Waals surface area contributed by atoms with E-state index in [1.807, 2.05) is 25.1 Å². The molecule has 154 valence electrons. The molecule has 0 unspecified atom stereocenters. The molecule has 0 amide bonds. The standard InChI is InChI=1S/C18H23F3N4O2S/c1-4-22-17(24-10-16-25-15(11-28-16)18(19,20)21)23-8-7-12-9-13(26-2)5-6-14(12)27-3/h5-6,9,11H,4,7-8,10H2,1-3H3,(H2,22,23,24). The molecule has 1 heterocycles. The fraction of sp³-hybridized carbons (Fsp3) is 0.444. The Hall–Kier alpha value is -2.49. The van der Waals surface area contributed by atoms with Gasteiger partial charge in [0.15, 0.2) is 11.7 Å². The lowest BCUT2D eigenvalue weighted by atomic mass is 10.1. The molecule has 0 bridgehead atoms. The number of hydrogen-bond donors (Lipinski definition) is 2. The fourth-order valence-electron chi connectivity index (χ4n) is 2.40. The average molecular weight is 416 g/mol. The van der Waals surface area contributed by atoms with E-state index in [4.69, 9.17) is 9.47 Å². The second kappa shape index (κ2) is 10.2. The predicted octanol–water partition coefficient (Wildman–Crippen LogP) is 3.48. The van der Waals surface area contributed by atoms with Crippen molar-refractivity contribution >= 4 is 17.3 Å². The second-order valence-corrected chi connectivity index (χ2v) is 6.62. The van der Waals surface area contributed by atoms with Gasteiger partial charge in [0.25, 0.3) is 0 Å². The highest BCUT2D eigenvalue weighted by Gasteiger charge is 2.33. The molecule has 0 saturated heterocycles. The molecule has 10 heteroatoms. The van der Waals surface area contributed by atoms with E-state index in [9.17, 15) is 13.2 Å². The van der Waals surface area contributed by atoms with Crippen molar-refractivity contribution in [3.05, 3.63) is 39.8 Å². The summed E-state index contributed by atoms with van der Waals surface area (Å²) in [5, 5.41) is 7.53. The van der Waals surface area contributed by atoms with Crippen molar-refractivity contribution in [2.24, 2.45) is 4.99 Å². The molecule has 0 atom stereocenters. The number of aliphatic imine (C=N–C) groups is 1. The number of halogens is 3. The third-order valence-electron chi connectivity index (χ3n) is 3.73. The molecule has 2 N–H and O–H groups in total. The minimum absolute atomic E-state index is 0.0680. The molecule has 0 spiro atoms. The Morgan fingerprint density at radius 1 is 1.21 bits per heavy atom. The van der Waals surface area contributed by atoms with E-state index >= 15 is 0 Å². The lowest BCUT2D eigenvalue weighted by Crippen LogP contribution is -2.38. The topological polar surface area (TPSA) is 67.8 Å². The van der Waals surface area contributed by atoms with Gasteiger partial charge >= 0.3 is 6.18 Å². The van der Waals surface area contributed by atoms with Crippen LogP contribution in [0.5, 0.6) is 11.5 Å². The van der Waals surface area contributed by atoms with E-state index < -0.39 is 11.9 Å². The van der Waals surface area contributed by atoms with Gasteiger partial charge in [-0.15, -0.1) is 11.3 Å². The highest BCUT2D eigenvalue weighted by Crippen LogP contribution is 2.30. The van der Waals surface area contributed by atoms with E-state index in [1.54, 1.807) is 14.2 Å². The summed E-state index contributed by atoms with van der Waals surface area (Å²) in [6.45, 7) is 3.16. The lowest BCUT2D eigenvalue weighted by Gasteiger charge is -2.13. The third kappa shape index (κ3) is 6.29. The van der Waals surface area contributed by atoms with Gasteiger partial charge in [0.2, 0.25) is 0 Å². The number of aromatic nitrogens is 1. The van der Waals surface area contributed by atoms with Crippen LogP contribution < -0.4 is 20.1 Å². The number of methoxy groups -OCH3 is 2. The van der Waals surface area contributed by atoms with E-state index in [0.717, 1.165) is 33.8 Å². The maximum Gasteiger partial charge on any atom is 0.434 e. The van der Waals surface area contributed by atoms with E-state index in [-0.39, 0.29) is 6.54 Å². The molecule has 2 rings (SSSR count). The maximum absolute atomic E-state index is 12.6. The van der Waals surface area contributed by atoms with Crippen molar-refractivity contribution in [3.63, 3.8) is 0 Å². The van der Waals surface area contributed by atoms with Crippen LogP contribution in [-0.4, -0.2) is 38.3 Å². The lowest BCUT2D eigenvalue weighted by molar-refractivity contribution is -0.140. The number of guanidine groups is 1. The van der Waals surface area contributed by atoms with Gasteiger partial charge in [0, 0.05) is 18.5 Å². The highest BCUT2D eigenvalue weighted by atomic mass is 32.1. The largest absolute Gasteiger partial charge is 0.497 e. The van der Waals surface area contributed by atoms with Crippen molar-refractivity contribution in [2.45, 2.75) is 26.1 Å². The molecule has 0 saturated carbocycles. The van der Waals surface area contributed by atoms with Gasteiger partial charge in [-0.2, -0.15) is 13.2 Å². The minimum Gasteiger partial charge on any atom is -0.497 e. The number of benzene rings is 1. The fourth-order valence-corrected chi connectivity index (χ4v) is 3.12. The monoisotopic (exact) mass is 416 g/mol. The van der Waals surface area contributed by atoms with Crippen LogP contribution in [0, 0.1) is 0 Å². The van der Waals surface area contributed by atoms with Gasteiger partial charge < -0.3 is 20.1 Å². The zero-order valence-electron chi connectivity index (χ0n) is 15.9. The molecule has 0 fully saturated rings. The van der Waals surface area contributed by atoms with Gasteiger partial charge in [0.1, 0.15) is 16.5 Å². The molecule has 2 aromatic rings. The first kappa shape index (κ1) is 21.8. The Morgan fingerprint density at radius 3 is 2.61 bits per heavy atom. The number of nitrogens with one attached hydrogen (secondary N) is 2. The SMILES string of the molecule is CCNC(=NCc1nc(C(F)(F)F)cs1)NCCc1cc(OC)ccc1OC. The summed E-state index contributed by atoms with van der Waals surface area (Å²) in [5.74, 6) is 2.00. The van der Waals surface area contributed by atoms with Gasteiger partial charge in [0.05, 0.1) is 20.8 Å². The minimum atomic E-state index is -4.43. The van der Waals surface area contributed by atoms with Gasteiger partial charge in [-0.3, -0.25) is 0 Å². The molecule has 0 radical (unpaired) electrons. The quantitative estimate of drug-likeness (QED) is 0.510. The van der Waals surface area contributed by atoms with Crippen LogP contribution in [0.2, 0.25) is 0 Å². The maximum atomic E-state index is 12.6. The first-order valence-electron chi connectivity index (χ1n) is 8.62. The Labute approximate surface area is 165 Å². The summed E-state index contributed by atoms with van der Waals surface area (Å²) in [5.41, 5.74) is 0.0886.